The molecule has 84 valence electrons. The van der Waals surface area contributed by atoms with Crippen molar-refractivity contribution in [3.63, 3.8) is 0 Å². The fourth-order valence-corrected chi connectivity index (χ4v) is 0.734. The normalized spacial score (nSPS) is 12.5. The van der Waals surface area contributed by atoms with Gasteiger partial charge in [0.05, 0.1) is 19.3 Å². The third-order valence-electron chi connectivity index (χ3n) is 1.67. The second-order valence-corrected chi connectivity index (χ2v) is 2.91. The topological polar surface area (TPSA) is 67.8 Å². The first-order valence-corrected chi connectivity index (χ1v) is 4.72. The van der Waals surface area contributed by atoms with E-state index < -0.39 is 6.10 Å². The Balaban J connectivity index is 3.28. The molecule has 0 heterocycles. The average molecular weight is 205 g/mol. The fourth-order valence-electron chi connectivity index (χ4n) is 0.734. The molecule has 0 aliphatic carbocycles. The van der Waals surface area contributed by atoms with Crippen molar-refractivity contribution >= 4 is 5.91 Å². The molecule has 0 radical (unpaired) electrons. The van der Waals surface area contributed by atoms with Crippen molar-refractivity contribution in [3.05, 3.63) is 0 Å². The number of carbonyl (C=O) groups excluding carboxylic acids is 1. The van der Waals surface area contributed by atoms with Gasteiger partial charge >= 0.3 is 0 Å². The summed E-state index contributed by atoms with van der Waals surface area (Å²) in [5.41, 5.74) is 0. The van der Waals surface area contributed by atoms with Gasteiger partial charge in [-0.15, -0.1) is 0 Å². The van der Waals surface area contributed by atoms with Gasteiger partial charge in [0, 0.05) is 13.7 Å². The molecular formula is C9H19NO4. The van der Waals surface area contributed by atoms with Crippen molar-refractivity contribution in [3.8, 4) is 0 Å². The highest BCUT2D eigenvalue weighted by Crippen LogP contribution is 1.86. The number of nitrogens with one attached hydrogen (secondary N) is 1. The summed E-state index contributed by atoms with van der Waals surface area (Å²) in [6.07, 6.45) is 0.156. The number of methoxy groups -OCH3 is 1. The number of rotatable bonds is 8. The maximum absolute atomic E-state index is 11.0. The van der Waals surface area contributed by atoms with Gasteiger partial charge in [-0.3, -0.25) is 4.79 Å². The quantitative estimate of drug-likeness (QED) is 0.526. The highest BCUT2D eigenvalue weighted by Gasteiger charge is 2.04. The van der Waals surface area contributed by atoms with Gasteiger partial charge in [0.25, 0.3) is 0 Å². The van der Waals surface area contributed by atoms with Gasteiger partial charge in [-0.25, -0.2) is 0 Å². The van der Waals surface area contributed by atoms with Crippen molar-refractivity contribution < 1.29 is 19.4 Å². The average Bonchev–Trinajstić information content (AvgIpc) is 2.21. The summed E-state index contributed by atoms with van der Waals surface area (Å²) in [7, 11) is 1.57. The largest absolute Gasteiger partial charge is 0.391 e. The standard InChI is InChI=1S/C9H19NO4/c1-3-8(11)6-10-9(12)7-14-5-4-13-2/h8,11H,3-7H2,1-2H3,(H,10,12). The molecule has 0 spiro atoms. The minimum atomic E-state index is -0.474. The first kappa shape index (κ1) is 13.4. The number of aliphatic hydroxyl groups is 1. The Kier molecular flexibility index (Phi) is 8.51. The molecule has 0 saturated carbocycles. The molecule has 5 nitrogen and oxygen atoms in total. The molecule has 0 fully saturated rings. The molecule has 1 unspecified atom stereocenters. The maximum atomic E-state index is 11.0. The summed E-state index contributed by atoms with van der Waals surface area (Å²) in [6.45, 7) is 3.03. The molecule has 14 heavy (non-hydrogen) atoms. The van der Waals surface area contributed by atoms with Gasteiger partial charge < -0.3 is 19.9 Å². The monoisotopic (exact) mass is 205 g/mol. The highest BCUT2D eigenvalue weighted by atomic mass is 16.5. The van der Waals surface area contributed by atoms with E-state index in [1.54, 1.807) is 7.11 Å². The molecule has 0 aromatic carbocycles. The SMILES string of the molecule is CCC(O)CNC(=O)COCCOC. The number of carbonyl (C=O) groups is 1. The van der Waals surface area contributed by atoms with E-state index in [4.69, 9.17) is 14.6 Å². The van der Waals surface area contributed by atoms with Crippen molar-refractivity contribution in [1.29, 1.82) is 0 Å². The molecule has 5 heteroatoms. The van der Waals surface area contributed by atoms with E-state index >= 15 is 0 Å². The molecule has 0 aromatic heterocycles. The molecule has 0 saturated heterocycles. The second kappa shape index (κ2) is 8.93. The summed E-state index contributed by atoms with van der Waals surface area (Å²) in [5, 5.41) is 11.7. The van der Waals surface area contributed by atoms with Gasteiger partial charge in [-0.2, -0.15) is 0 Å². The molecule has 0 rings (SSSR count). The third kappa shape index (κ3) is 7.97. The van der Waals surface area contributed by atoms with Crippen LogP contribution in [0.1, 0.15) is 13.3 Å². The Morgan fingerprint density at radius 3 is 2.79 bits per heavy atom. The van der Waals surface area contributed by atoms with Crippen LogP contribution in [0.5, 0.6) is 0 Å². The molecular weight excluding hydrogens is 186 g/mol. The molecule has 1 atom stereocenters. The van der Waals surface area contributed by atoms with Crippen LogP contribution in [0, 0.1) is 0 Å². The van der Waals surface area contributed by atoms with Gasteiger partial charge in [0.2, 0.25) is 5.91 Å². The molecule has 0 bridgehead atoms. The lowest BCUT2D eigenvalue weighted by molar-refractivity contribution is -0.126. The van der Waals surface area contributed by atoms with Crippen molar-refractivity contribution in [2.75, 3.05) is 33.5 Å². The summed E-state index contributed by atoms with van der Waals surface area (Å²) in [4.78, 5) is 11.0. The molecule has 1 amide bonds. The molecule has 0 aliphatic rings. The van der Waals surface area contributed by atoms with Crippen LogP contribution in [0.3, 0.4) is 0 Å². The highest BCUT2D eigenvalue weighted by molar-refractivity contribution is 5.77. The lowest BCUT2D eigenvalue weighted by Crippen LogP contribution is -2.34. The smallest absolute Gasteiger partial charge is 0.246 e. The van der Waals surface area contributed by atoms with Crippen LogP contribution in [-0.4, -0.2) is 50.6 Å². The fraction of sp³-hybridized carbons (Fsp3) is 0.889. The number of hydrogen-bond acceptors (Lipinski definition) is 4. The van der Waals surface area contributed by atoms with E-state index in [1.165, 1.54) is 0 Å². The minimum Gasteiger partial charge on any atom is -0.391 e. The Morgan fingerprint density at radius 2 is 2.21 bits per heavy atom. The lowest BCUT2D eigenvalue weighted by Gasteiger charge is -2.09. The van der Waals surface area contributed by atoms with E-state index in [2.05, 4.69) is 5.32 Å². The Labute approximate surface area is 84.4 Å². The van der Waals surface area contributed by atoms with Crippen LogP contribution >= 0.6 is 0 Å². The van der Waals surface area contributed by atoms with Crippen LogP contribution in [0.4, 0.5) is 0 Å². The third-order valence-corrected chi connectivity index (χ3v) is 1.67. The Bertz CT molecular complexity index is 152. The summed E-state index contributed by atoms with van der Waals surface area (Å²) in [5.74, 6) is -0.214. The number of ether oxygens (including phenoxy) is 2. The predicted molar refractivity (Wildman–Crippen MR) is 52.0 cm³/mol. The van der Waals surface area contributed by atoms with Crippen molar-refractivity contribution in [2.45, 2.75) is 19.4 Å². The zero-order valence-electron chi connectivity index (χ0n) is 8.78. The number of hydrogen-bond donors (Lipinski definition) is 2. The van der Waals surface area contributed by atoms with Crippen LogP contribution in [0.2, 0.25) is 0 Å². The van der Waals surface area contributed by atoms with Gasteiger partial charge in [-0.1, -0.05) is 6.92 Å². The van der Waals surface area contributed by atoms with Gasteiger partial charge in [0.15, 0.2) is 0 Å². The van der Waals surface area contributed by atoms with Crippen LogP contribution in [-0.2, 0) is 14.3 Å². The Morgan fingerprint density at radius 1 is 1.50 bits per heavy atom. The first-order valence-electron chi connectivity index (χ1n) is 4.72. The summed E-state index contributed by atoms with van der Waals surface area (Å²) < 4.78 is 9.73. The van der Waals surface area contributed by atoms with E-state index in [1.807, 2.05) is 6.92 Å². The Hall–Kier alpha value is -0.650. The van der Waals surface area contributed by atoms with Crippen molar-refractivity contribution in [1.82, 2.24) is 5.32 Å². The van der Waals surface area contributed by atoms with E-state index in [-0.39, 0.29) is 19.1 Å². The van der Waals surface area contributed by atoms with E-state index in [9.17, 15) is 4.79 Å². The summed E-state index contributed by atoms with van der Waals surface area (Å²) >= 11 is 0. The summed E-state index contributed by atoms with van der Waals surface area (Å²) in [6, 6.07) is 0. The zero-order valence-corrected chi connectivity index (χ0v) is 8.78. The predicted octanol–water partition coefficient (Wildman–Crippen LogP) is -0.463. The molecule has 2 N–H and O–H groups in total. The molecule has 0 aliphatic heterocycles. The van der Waals surface area contributed by atoms with Crippen LogP contribution < -0.4 is 5.32 Å². The molecule has 0 aromatic rings. The van der Waals surface area contributed by atoms with Crippen LogP contribution in [0.25, 0.3) is 0 Å². The first-order chi connectivity index (χ1) is 6.70. The maximum Gasteiger partial charge on any atom is 0.246 e. The van der Waals surface area contributed by atoms with Gasteiger partial charge in [-0.05, 0) is 6.42 Å². The minimum absolute atomic E-state index is 0.0137. The zero-order chi connectivity index (χ0) is 10.8. The number of amides is 1. The van der Waals surface area contributed by atoms with Crippen molar-refractivity contribution in [2.24, 2.45) is 0 Å². The van der Waals surface area contributed by atoms with E-state index in [0.717, 1.165) is 0 Å². The van der Waals surface area contributed by atoms with Crippen LogP contribution in [0.15, 0.2) is 0 Å². The second-order valence-electron chi connectivity index (χ2n) is 2.91. The number of aliphatic hydroxyl groups excluding tert-OH is 1. The van der Waals surface area contributed by atoms with E-state index in [0.29, 0.717) is 19.6 Å². The van der Waals surface area contributed by atoms with Gasteiger partial charge in [0.1, 0.15) is 6.61 Å². The lowest BCUT2D eigenvalue weighted by atomic mass is 10.3.